The molecule has 0 spiro atoms. The maximum atomic E-state index is 12.1. The van der Waals surface area contributed by atoms with E-state index in [4.69, 9.17) is 15.3 Å². The molecule has 3 unspecified atom stereocenters. The number of carboxylic acids is 1. The number of benzene rings is 1. The highest BCUT2D eigenvalue weighted by Gasteiger charge is 2.20. The van der Waals surface area contributed by atoms with Crippen molar-refractivity contribution < 1.29 is 24.9 Å². The zero-order valence-electron chi connectivity index (χ0n) is 17.0. The highest BCUT2D eigenvalue weighted by atomic mass is 16.4. The number of carbonyl (C=O) groups is 2. The molecular formula is C22H31NO5. The van der Waals surface area contributed by atoms with Gasteiger partial charge in [0.2, 0.25) is 5.91 Å². The Morgan fingerprint density at radius 1 is 1.21 bits per heavy atom. The zero-order valence-corrected chi connectivity index (χ0v) is 17.0. The van der Waals surface area contributed by atoms with Crippen LogP contribution >= 0.6 is 0 Å². The largest absolute Gasteiger partial charge is 0.480 e. The molecule has 0 aromatic heterocycles. The van der Waals surface area contributed by atoms with Crippen molar-refractivity contribution in [2.75, 3.05) is 13.2 Å². The lowest BCUT2D eigenvalue weighted by atomic mass is 9.87. The van der Waals surface area contributed by atoms with Gasteiger partial charge in [0.05, 0.1) is 13.2 Å². The van der Waals surface area contributed by atoms with Gasteiger partial charge in [0.1, 0.15) is 0 Å². The van der Waals surface area contributed by atoms with E-state index >= 15 is 0 Å². The van der Waals surface area contributed by atoms with Gasteiger partial charge in [0.25, 0.3) is 0 Å². The maximum absolute atomic E-state index is 12.1. The topological polar surface area (TPSA) is 107 Å². The summed E-state index contributed by atoms with van der Waals surface area (Å²) < 4.78 is 0. The third kappa shape index (κ3) is 7.29. The Morgan fingerprint density at radius 2 is 1.89 bits per heavy atom. The molecule has 0 bridgehead atoms. The molecule has 1 aromatic rings. The summed E-state index contributed by atoms with van der Waals surface area (Å²) in [6.45, 7) is 7.11. The molecule has 0 saturated heterocycles. The van der Waals surface area contributed by atoms with E-state index in [1.54, 1.807) is 13.0 Å². The van der Waals surface area contributed by atoms with Crippen LogP contribution in [0.25, 0.3) is 6.08 Å². The third-order valence-corrected chi connectivity index (χ3v) is 4.58. The molecule has 154 valence electrons. The highest BCUT2D eigenvalue weighted by Crippen LogP contribution is 2.28. The summed E-state index contributed by atoms with van der Waals surface area (Å²) >= 11 is 0. The molecule has 1 rings (SSSR count). The lowest BCUT2D eigenvalue weighted by Gasteiger charge is -2.19. The summed E-state index contributed by atoms with van der Waals surface area (Å²) in [6, 6.07) is 4.92. The van der Waals surface area contributed by atoms with E-state index in [9.17, 15) is 9.59 Å². The van der Waals surface area contributed by atoms with Crippen molar-refractivity contribution in [3.63, 3.8) is 0 Å². The minimum atomic E-state index is -1.31. The number of aryl methyl sites for hydroxylation is 1. The molecule has 0 saturated carbocycles. The van der Waals surface area contributed by atoms with Crippen LogP contribution in [0.4, 0.5) is 0 Å². The van der Waals surface area contributed by atoms with E-state index in [1.165, 1.54) is 5.56 Å². The van der Waals surface area contributed by atoms with E-state index in [0.717, 1.165) is 17.5 Å². The highest BCUT2D eigenvalue weighted by molar-refractivity contribution is 5.95. The summed E-state index contributed by atoms with van der Waals surface area (Å²) in [7, 11) is 0. The normalized spacial score (nSPS) is 15.3. The Kier molecular flexibility index (Phi) is 9.62. The van der Waals surface area contributed by atoms with Crippen molar-refractivity contribution in [3.05, 3.63) is 52.6 Å². The number of aliphatic hydroxyl groups is 2. The van der Waals surface area contributed by atoms with Crippen LogP contribution in [0.2, 0.25) is 0 Å². The quantitative estimate of drug-likeness (QED) is 0.460. The standard InChI is InChI=1S/C22H31NO5/c1-14-7-8-19(18(12-14)6-5-9-24)16(3)10-15(2)11-17(4)21(26)23-20(13-25)22(27)28/h5-8,11-12,15-16,20,24-25H,9-10,13H2,1-4H3,(H,23,26)(H,27,28)/b6-5+,17-11+. The van der Waals surface area contributed by atoms with Gasteiger partial charge in [-0.2, -0.15) is 0 Å². The first kappa shape index (κ1) is 23.6. The SMILES string of the molecule is C/C(=C\C(C)CC(C)c1ccc(C)cc1/C=C/CO)C(=O)NC(CO)C(=O)O. The van der Waals surface area contributed by atoms with Gasteiger partial charge in [-0.3, -0.25) is 4.79 Å². The predicted octanol–water partition coefficient (Wildman–Crippen LogP) is 2.64. The van der Waals surface area contributed by atoms with Crippen molar-refractivity contribution in [2.24, 2.45) is 5.92 Å². The summed E-state index contributed by atoms with van der Waals surface area (Å²) in [6.07, 6.45) is 6.25. The van der Waals surface area contributed by atoms with Gasteiger partial charge < -0.3 is 20.6 Å². The first-order chi connectivity index (χ1) is 13.2. The fourth-order valence-corrected chi connectivity index (χ4v) is 3.18. The van der Waals surface area contributed by atoms with E-state index in [1.807, 2.05) is 26.0 Å². The molecule has 3 atom stereocenters. The second kappa shape index (κ2) is 11.4. The summed E-state index contributed by atoms with van der Waals surface area (Å²) in [4.78, 5) is 23.1. The smallest absolute Gasteiger partial charge is 0.328 e. The van der Waals surface area contributed by atoms with Gasteiger partial charge in [0, 0.05) is 5.57 Å². The van der Waals surface area contributed by atoms with Gasteiger partial charge in [-0.1, -0.05) is 55.8 Å². The fourth-order valence-electron chi connectivity index (χ4n) is 3.18. The van der Waals surface area contributed by atoms with Crippen molar-refractivity contribution in [3.8, 4) is 0 Å². The number of rotatable bonds is 10. The molecule has 0 fully saturated rings. The average molecular weight is 389 g/mol. The summed E-state index contributed by atoms with van der Waals surface area (Å²) in [5.74, 6) is -1.45. The Balaban J connectivity index is 2.85. The number of carbonyl (C=O) groups excluding carboxylic acids is 1. The number of hydrogen-bond acceptors (Lipinski definition) is 4. The van der Waals surface area contributed by atoms with Crippen LogP contribution in [-0.4, -0.2) is 46.5 Å². The third-order valence-electron chi connectivity index (χ3n) is 4.58. The van der Waals surface area contributed by atoms with Crippen LogP contribution in [0, 0.1) is 12.8 Å². The van der Waals surface area contributed by atoms with E-state index in [2.05, 4.69) is 30.4 Å². The Bertz CT molecular complexity index is 738. The fraction of sp³-hybridized carbons (Fsp3) is 0.455. The van der Waals surface area contributed by atoms with Crippen molar-refractivity contribution in [2.45, 2.75) is 46.1 Å². The molecule has 6 heteroatoms. The average Bonchev–Trinajstić information content (AvgIpc) is 2.63. The molecule has 1 amide bonds. The molecular weight excluding hydrogens is 358 g/mol. The molecule has 6 nitrogen and oxygen atoms in total. The monoisotopic (exact) mass is 389 g/mol. The number of nitrogens with one attached hydrogen (secondary N) is 1. The molecule has 0 aliphatic rings. The number of hydrogen-bond donors (Lipinski definition) is 4. The number of amides is 1. The molecule has 0 radical (unpaired) electrons. The second-order valence-corrected chi connectivity index (χ2v) is 7.23. The lowest BCUT2D eigenvalue weighted by Crippen LogP contribution is -2.43. The Hall–Kier alpha value is -2.44. The van der Waals surface area contributed by atoms with Crippen LogP contribution in [0.15, 0.2) is 35.9 Å². The minimum absolute atomic E-state index is 0.0135. The van der Waals surface area contributed by atoms with Gasteiger partial charge in [0.15, 0.2) is 6.04 Å². The first-order valence-corrected chi connectivity index (χ1v) is 9.40. The maximum Gasteiger partial charge on any atom is 0.328 e. The van der Waals surface area contributed by atoms with Crippen LogP contribution in [-0.2, 0) is 9.59 Å². The van der Waals surface area contributed by atoms with Gasteiger partial charge >= 0.3 is 5.97 Å². The number of aliphatic hydroxyl groups excluding tert-OH is 2. The van der Waals surface area contributed by atoms with E-state index < -0.39 is 24.5 Å². The van der Waals surface area contributed by atoms with Crippen molar-refractivity contribution in [1.29, 1.82) is 0 Å². The molecule has 0 aliphatic carbocycles. The van der Waals surface area contributed by atoms with Gasteiger partial charge in [-0.25, -0.2) is 4.79 Å². The van der Waals surface area contributed by atoms with Crippen LogP contribution in [0.3, 0.4) is 0 Å². The lowest BCUT2D eigenvalue weighted by molar-refractivity contribution is -0.142. The summed E-state index contributed by atoms with van der Waals surface area (Å²) in [5.41, 5.74) is 3.80. The molecule has 1 aromatic carbocycles. The van der Waals surface area contributed by atoms with Crippen LogP contribution < -0.4 is 5.32 Å². The summed E-state index contributed by atoms with van der Waals surface area (Å²) in [5, 5.41) is 29.3. The Labute approximate surface area is 166 Å². The van der Waals surface area contributed by atoms with E-state index in [0.29, 0.717) is 5.57 Å². The van der Waals surface area contributed by atoms with Crippen molar-refractivity contribution in [1.82, 2.24) is 5.32 Å². The Morgan fingerprint density at radius 3 is 2.46 bits per heavy atom. The van der Waals surface area contributed by atoms with Crippen molar-refractivity contribution >= 4 is 18.0 Å². The second-order valence-electron chi connectivity index (χ2n) is 7.23. The predicted molar refractivity (Wildman–Crippen MR) is 110 cm³/mol. The zero-order chi connectivity index (χ0) is 21.3. The minimum Gasteiger partial charge on any atom is -0.480 e. The molecule has 28 heavy (non-hydrogen) atoms. The van der Waals surface area contributed by atoms with E-state index in [-0.39, 0.29) is 18.4 Å². The van der Waals surface area contributed by atoms with Crippen LogP contribution in [0.5, 0.6) is 0 Å². The first-order valence-electron chi connectivity index (χ1n) is 9.40. The van der Waals surface area contributed by atoms with Gasteiger partial charge in [-0.15, -0.1) is 0 Å². The van der Waals surface area contributed by atoms with Gasteiger partial charge in [-0.05, 0) is 43.2 Å². The molecule has 0 aliphatic heterocycles. The van der Waals surface area contributed by atoms with Crippen LogP contribution in [0.1, 0.15) is 49.8 Å². The number of allylic oxidation sites excluding steroid dienone is 1. The number of carboxylic acid groups (broad SMARTS) is 1. The molecule has 4 N–H and O–H groups in total. The molecule has 0 heterocycles. The number of aliphatic carboxylic acids is 1.